The van der Waals surface area contributed by atoms with Crippen LogP contribution < -0.4 is 4.90 Å². The maximum Gasteiger partial charge on any atom is 0.127 e. The predicted molar refractivity (Wildman–Crippen MR) is 92.1 cm³/mol. The van der Waals surface area contributed by atoms with Crippen LogP contribution in [0.1, 0.15) is 12.5 Å². The summed E-state index contributed by atoms with van der Waals surface area (Å²) in [5.41, 5.74) is 3.43. The molecule has 0 unspecified atom stereocenters. The molecule has 0 saturated heterocycles. The molecular weight excluding hydrogens is 277 g/mol. The van der Waals surface area contributed by atoms with Gasteiger partial charge in [-0.05, 0) is 43.7 Å². The van der Waals surface area contributed by atoms with E-state index in [1.165, 1.54) is 6.07 Å². The van der Waals surface area contributed by atoms with E-state index in [0.717, 1.165) is 23.5 Å². The fourth-order valence-corrected chi connectivity index (χ4v) is 2.17. The van der Waals surface area contributed by atoms with Crippen molar-refractivity contribution in [1.82, 2.24) is 4.90 Å². The van der Waals surface area contributed by atoms with Crippen molar-refractivity contribution in [2.75, 3.05) is 25.5 Å². The molecule has 2 aromatic carbocycles. The minimum Gasteiger partial charge on any atom is -0.366 e. The van der Waals surface area contributed by atoms with Gasteiger partial charge in [-0.15, -0.1) is 0 Å². The first-order valence-electron chi connectivity index (χ1n) is 7.36. The third kappa shape index (κ3) is 3.64. The molecule has 3 nitrogen and oxygen atoms in total. The van der Waals surface area contributed by atoms with Crippen molar-refractivity contribution in [1.29, 1.82) is 0 Å². The SMILES string of the molecule is CCN(C)/C=N/c1cc(F)cc(N(C)c2ccccc2)c1C. The van der Waals surface area contributed by atoms with E-state index in [9.17, 15) is 4.39 Å². The zero-order valence-electron chi connectivity index (χ0n) is 13.5. The standard InChI is InChI=1S/C18H22FN3/c1-5-21(3)13-20-17-11-15(19)12-18(14(17)2)22(4)16-9-7-6-8-10-16/h6-13H,5H2,1-4H3/b20-13+. The second-order valence-electron chi connectivity index (χ2n) is 5.28. The fraction of sp³-hybridized carbons (Fsp3) is 0.278. The lowest BCUT2D eigenvalue weighted by molar-refractivity contribution is 0.552. The largest absolute Gasteiger partial charge is 0.366 e. The first kappa shape index (κ1) is 16.0. The number of para-hydroxylation sites is 1. The molecule has 0 aromatic heterocycles. The van der Waals surface area contributed by atoms with E-state index in [0.29, 0.717) is 5.69 Å². The van der Waals surface area contributed by atoms with Crippen LogP contribution >= 0.6 is 0 Å². The van der Waals surface area contributed by atoms with E-state index < -0.39 is 0 Å². The topological polar surface area (TPSA) is 18.8 Å². The van der Waals surface area contributed by atoms with Gasteiger partial charge in [0.1, 0.15) is 5.82 Å². The number of aliphatic imine (C=N–C) groups is 1. The average molecular weight is 299 g/mol. The van der Waals surface area contributed by atoms with Gasteiger partial charge in [0.05, 0.1) is 12.0 Å². The molecule has 0 fully saturated rings. The molecule has 0 atom stereocenters. The van der Waals surface area contributed by atoms with Crippen LogP contribution in [0.15, 0.2) is 47.5 Å². The first-order valence-corrected chi connectivity index (χ1v) is 7.36. The third-order valence-electron chi connectivity index (χ3n) is 3.72. The number of nitrogens with zero attached hydrogens (tertiary/aromatic N) is 3. The van der Waals surface area contributed by atoms with Gasteiger partial charge in [0.25, 0.3) is 0 Å². The minimum atomic E-state index is -0.283. The lowest BCUT2D eigenvalue weighted by Crippen LogP contribution is -2.14. The maximum absolute atomic E-state index is 14.0. The summed E-state index contributed by atoms with van der Waals surface area (Å²) in [5, 5.41) is 0. The van der Waals surface area contributed by atoms with Gasteiger partial charge in [-0.25, -0.2) is 9.38 Å². The molecular formula is C18H22FN3. The molecule has 0 N–H and O–H groups in total. The Morgan fingerprint density at radius 1 is 1.14 bits per heavy atom. The summed E-state index contributed by atoms with van der Waals surface area (Å²) in [7, 11) is 3.87. The van der Waals surface area contributed by atoms with Crippen molar-refractivity contribution in [2.24, 2.45) is 4.99 Å². The van der Waals surface area contributed by atoms with Gasteiger partial charge in [0.2, 0.25) is 0 Å². The molecule has 4 heteroatoms. The van der Waals surface area contributed by atoms with Gasteiger partial charge in [0.15, 0.2) is 0 Å². The second kappa shape index (κ2) is 7.07. The monoisotopic (exact) mass is 299 g/mol. The molecule has 0 heterocycles. The van der Waals surface area contributed by atoms with Crippen molar-refractivity contribution in [3.8, 4) is 0 Å². The summed E-state index contributed by atoms with van der Waals surface area (Å²) >= 11 is 0. The Labute approximate surface area is 131 Å². The van der Waals surface area contributed by atoms with Gasteiger partial charge < -0.3 is 9.80 Å². The Bertz CT molecular complexity index is 653. The summed E-state index contributed by atoms with van der Waals surface area (Å²) in [6.45, 7) is 4.86. The van der Waals surface area contributed by atoms with Crippen LogP contribution in [-0.2, 0) is 0 Å². The second-order valence-corrected chi connectivity index (χ2v) is 5.28. The number of halogens is 1. The van der Waals surface area contributed by atoms with Gasteiger partial charge in [-0.3, -0.25) is 0 Å². The van der Waals surface area contributed by atoms with Gasteiger partial charge in [-0.1, -0.05) is 18.2 Å². The van der Waals surface area contributed by atoms with E-state index in [1.54, 1.807) is 12.4 Å². The zero-order valence-corrected chi connectivity index (χ0v) is 13.5. The van der Waals surface area contributed by atoms with E-state index in [2.05, 4.69) is 4.99 Å². The molecule has 2 aromatic rings. The molecule has 116 valence electrons. The van der Waals surface area contributed by atoms with Crippen LogP contribution in [0.5, 0.6) is 0 Å². The third-order valence-corrected chi connectivity index (χ3v) is 3.72. The van der Waals surface area contributed by atoms with Crippen LogP contribution in [-0.4, -0.2) is 31.9 Å². The van der Waals surface area contributed by atoms with Crippen LogP contribution in [0, 0.1) is 12.7 Å². The average Bonchev–Trinajstić information content (AvgIpc) is 2.55. The van der Waals surface area contributed by atoms with E-state index >= 15 is 0 Å². The molecule has 0 aliphatic rings. The molecule has 0 saturated carbocycles. The van der Waals surface area contributed by atoms with Crippen LogP contribution in [0.4, 0.5) is 21.5 Å². The number of rotatable bonds is 5. The quantitative estimate of drug-likeness (QED) is 0.597. The van der Waals surface area contributed by atoms with Crippen LogP contribution in [0.2, 0.25) is 0 Å². The maximum atomic E-state index is 14.0. The Kier molecular flexibility index (Phi) is 5.15. The number of benzene rings is 2. The highest BCUT2D eigenvalue weighted by atomic mass is 19.1. The van der Waals surface area contributed by atoms with E-state index in [1.807, 2.05) is 68.1 Å². The Morgan fingerprint density at radius 3 is 2.45 bits per heavy atom. The zero-order chi connectivity index (χ0) is 16.1. The van der Waals surface area contributed by atoms with E-state index in [-0.39, 0.29) is 5.82 Å². The summed E-state index contributed by atoms with van der Waals surface area (Å²) in [6, 6.07) is 12.9. The minimum absolute atomic E-state index is 0.283. The van der Waals surface area contributed by atoms with Crippen molar-refractivity contribution in [3.63, 3.8) is 0 Å². The highest BCUT2D eigenvalue weighted by Crippen LogP contribution is 2.33. The molecule has 0 aliphatic carbocycles. The normalized spacial score (nSPS) is 11.0. The number of hydrogen-bond donors (Lipinski definition) is 0. The van der Waals surface area contributed by atoms with Crippen molar-refractivity contribution >= 4 is 23.4 Å². The Balaban J connectivity index is 2.40. The Hall–Kier alpha value is -2.36. The molecule has 0 spiro atoms. The molecule has 2 rings (SSSR count). The van der Waals surface area contributed by atoms with Gasteiger partial charge >= 0.3 is 0 Å². The smallest absolute Gasteiger partial charge is 0.127 e. The lowest BCUT2D eigenvalue weighted by atomic mass is 10.1. The van der Waals surface area contributed by atoms with Crippen LogP contribution in [0.25, 0.3) is 0 Å². The summed E-state index contributed by atoms with van der Waals surface area (Å²) in [4.78, 5) is 8.33. The predicted octanol–water partition coefficient (Wildman–Crippen LogP) is 4.51. The van der Waals surface area contributed by atoms with Crippen LogP contribution in [0.3, 0.4) is 0 Å². The summed E-state index contributed by atoms with van der Waals surface area (Å²) in [5.74, 6) is -0.283. The molecule has 0 aliphatic heterocycles. The van der Waals surface area contributed by atoms with Crippen molar-refractivity contribution in [3.05, 3.63) is 53.8 Å². The molecule has 22 heavy (non-hydrogen) atoms. The summed E-state index contributed by atoms with van der Waals surface area (Å²) in [6.07, 6.45) is 1.73. The molecule has 0 bridgehead atoms. The fourth-order valence-electron chi connectivity index (χ4n) is 2.17. The van der Waals surface area contributed by atoms with Gasteiger partial charge in [0, 0.05) is 32.0 Å². The summed E-state index contributed by atoms with van der Waals surface area (Å²) < 4.78 is 14.0. The van der Waals surface area contributed by atoms with Crippen molar-refractivity contribution in [2.45, 2.75) is 13.8 Å². The number of hydrogen-bond acceptors (Lipinski definition) is 2. The highest BCUT2D eigenvalue weighted by molar-refractivity contribution is 5.73. The lowest BCUT2D eigenvalue weighted by Gasteiger charge is -2.22. The van der Waals surface area contributed by atoms with Crippen molar-refractivity contribution < 1.29 is 4.39 Å². The highest BCUT2D eigenvalue weighted by Gasteiger charge is 2.12. The molecule has 0 amide bonds. The van der Waals surface area contributed by atoms with Gasteiger partial charge in [-0.2, -0.15) is 0 Å². The number of anilines is 2. The first-order chi connectivity index (χ1) is 10.5. The molecule has 0 radical (unpaired) electrons. The Morgan fingerprint density at radius 2 is 1.82 bits per heavy atom. The van der Waals surface area contributed by atoms with E-state index in [4.69, 9.17) is 0 Å².